The molecule has 0 fully saturated rings. The molecular weight excluding hydrogens is 570 g/mol. The third kappa shape index (κ3) is 4.29. The van der Waals surface area contributed by atoms with Gasteiger partial charge in [-0.3, -0.25) is 4.79 Å². The lowest BCUT2D eigenvalue weighted by atomic mass is 9.87. The second-order valence-electron chi connectivity index (χ2n) is 6.87. The number of rotatable bonds is 6. The number of hydrogen-bond acceptors (Lipinski definition) is 2. The average molecular weight is 589 g/mol. The van der Waals surface area contributed by atoms with Crippen LogP contribution in [-0.2, 0) is 0 Å². The summed E-state index contributed by atoms with van der Waals surface area (Å²) in [5, 5.41) is 5.63. The van der Waals surface area contributed by atoms with Crippen LogP contribution in [-0.4, -0.2) is 15.8 Å². The van der Waals surface area contributed by atoms with Crippen molar-refractivity contribution in [1.29, 1.82) is 0 Å². The van der Waals surface area contributed by atoms with Crippen LogP contribution in [0.3, 0.4) is 0 Å². The van der Waals surface area contributed by atoms with Gasteiger partial charge < -0.3 is 0 Å². The van der Waals surface area contributed by atoms with Gasteiger partial charge in [0, 0.05) is 15.4 Å². The first-order valence-electron chi connectivity index (χ1n) is 9.54. The van der Waals surface area contributed by atoms with Gasteiger partial charge in [-0.2, -0.15) is 5.10 Å². The molecule has 0 radical (unpaired) electrons. The Labute approximate surface area is 199 Å². The zero-order chi connectivity index (χ0) is 21.1. The molecule has 150 valence electrons. The lowest BCUT2D eigenvalue weighted by Gasteiger charge is -2.17. The van der Waals surface area contributed by atoms with E-state index >= 15 is 0 Å². The van der Waals surface area contributed by atoms with Crippen LogP contribution < -0.4 is 0 Å². The van der Waals surface area contributed by atoms with Crippen LogP contribution in [0.5, 0.6) is 0 Å². The van der Waals surface area contributed by atoms with Crippen molar-refractivity contribution in [3.05, 3.63) is 99.7 Å². The number of benzene rings is 3. The summed E-state index contributed by atoms with van der Waals surface area (Å²) >= 11 is 5.89. The van der Waals surface area contributed by atoms with Gasteiger partial charge in [0.15, 0.2) is 0 Å². The maximum absolute atomic E-state index is 11.2. The number of carbonyl (C=O) groups excluding carboxylic acids is 1. The molecular formula is C24H19BrIN2OP. The Morgan fingerprint density at radius 2 is 1.70 bits per heavy atom. The number of aromatic nitrogens is 2. The van der Waals surface area contributed by atoms with E-state index in [0.29, 0.717) is 11.9 Å². The normalized spacial score (nSPS) is 12.5. The molecule has 4 rings (SSSR count). The Bertz CT molecular complexity index is 1230. The molecule has 0 N–H and O–H groups in total. The van der Waals surface area contributed by atoms with Gasteiger partial charge in [-0.15, -0.1) is 0 Å². The standard InChI is InChI=1S/C24H19BrIN2OP/c1-2-22(17-7-10-21(25)11-8-17)24(18-5-3-16(15-29)4-6-18)19-9-12-23-20(13-19)14-27-28(23)30-26/h3-15,30H,2H2,1H3/b24-22+. The molecule has 0 spiro atoms. The van der Waals surface area contributed by atoms with E-state index in [0.717, 1.165) is 39.2 Å². The Morgan fingerprint density at radius 1 is 1.03 bits per heavy atom. The maximum atomic E-state index is 11.2. The van der Waals surface area contributed by atoms with Crippen molar-refractivity contribution in [2.75, 3.05) is 0 Å². The van der Waals surface area contributed by atoms with Gasteiger partial charge in [-0.1, -0.05) is 65.3 Å². The largest absolute Gasteiger partial charge is 0.298 e. The van der Waals surface area contributed by atoms with Gasteiger partial charge in [0.2, 0.25) is 0 Å². The molecule has 30 heavy (non-hydrogen) atoms. The molecule has 0 aliphatic heterocycles. The Morgan fingerprint density at radius 3 is 2.33 bits per heavy atom. The van der Waals surface area contributed by atoms with Crippen LogP contribution >= 0.6 is 44.3 Å². The van der Waals surface area contributed by atoms with Crippen LogP contribution in [0, 0.1) is 0 Å². The zero-order valence-electron chi connectivity index (χ0n) is 16.3. The molecule has 1 atom stereocenters. The van der Waals surface area contributed by atoms with Crippen LogP contribution in [0.15, 0.2) is 77.4 Å². The van der Waals surface area contributed by atoms with Gasteiger partial charge >= 0.3 is 0 Å². The van der Waals surface area contributed by atoms with E-state index < -0.39 is 0 Å². The molecule has 0 aliphatic rings. The highest BCUT2D eigenvalue weighted by atomic mass is 127. The predicted molar refractivity (Wildman–Crippen MR) is 140 cm³/mol. The van der Waals surface area contributed by atoms with Gasteiger partial charge in [-0.25, -0.2) is 4.45 Å². The Balaban J connectivity index is 1.96. The lowest BCUT2D eigenvalue weighted by Crippen LogP contribution is -1.96. The highest BCUT2D eigenvalue weighted by Crippen LogP contribution is 2.37. The maximum Gasteiger partial charge on any atom is 0.150 e. The van der Waals surface area contributed by atoms with E-state index in [2.05, 4.69) is 92.5 Å². The van der Waals surface area contributed by atoms with Crippen molar-refractivity contribution < 1.29 is 4.79 Å². The van der Waals surface area contributed by atoms with Gasteiger partial charge in [0.1, 0.15) is 6.29 Å². The molecule has 6 heteroatoms. The molecule has 1 aromatic heterocycles. The molecule has 0 bridgehead atoms. The van der Waals surface area contributed by atoms with Gasteiger partial charge in [-0.05, 0) is 80.6 Å². The summed E-state index contributed by atoms with van der Waals surface area (Å²) < 4.78 is 3.09. The second kappa shape index (κ2) is 9.54. The van der Waals surface area contributed by atoms with Crippen molar-refractivity contribution in [3.63, 3.8) is 0 Å². The quantitative estimate of drug-likeness (QED) is 0.0998. The van der Waals surface area contributed by atoms with Crippen molar-refractivity contribution in [2.24, 2.45) is 0 Å². The minimum atomic E-state index is 0.568. The van der Waals surface area contributed by atoms with Crippen molar-refractivity contribution in [1.82, 2.24) is 9.55 Å². The number of fused-ring (bicyclic) bond motifs is 1. The molecule has 3 aromatic carbocycles. The highest BCUT2D eigenvalue weighted by molar-refractivity contribution is 14.2. The fraction of sp³-hybridized carbons (Fsp3) is 0.0833. The SMILES string of the molecule is CC/C(=C(/c1ccc(C=O)cc1)c1ccc2c(cnn2PI)c1)c1ccc(Br)cc1. The van der Waals surface area contributed by atoms with Crippen molar-refractivity contribution in [2.45, 2.75) is 13.3 Å². The first-order chi connectivity index (χ1) is 14.6. The third-order valence-corrected chi connectivity index (χ3v) is 7.54. The van der Waals surface area contributed by atoms with Crippen LogP contribution in [0.4, 0.5) is 0 Å². The average Bonchev–Trinajstić information content (AvgIpc) is 3.20. The van der Waals surface area contributed by atoms with Crippen LogP contribution in [0.2, 0.25) is 0 Å². The summed E-state index contributed by atoms with van der Waals surface area (Å²) in [6, 6.07) is 22.8. The smallest absolute Gasteiger partial charge is 0.150 e. The lowest BCUT2D eigenvalue weighted by molar-refractivity contribution is 0.112. The Kier molecular flexibility index (Phi) is 6.81. The minimum Gasteiger partial charge on any atom is -0.298 e. The molecule has 0 amide bonds. The van der Waals surface area contributed by atoms with Crippen LogP contribution in [0.1, 0.15) is 40.4 Å². The zero-order valence-corrected chi connectivity index (χ0v) is 21.0. The summed E-state index contributed by atoms with van der Waals surface area (Å²) in [6.07, 6.45) is 4.27. The molecule has 1 heterocycles. The number of hydrogen-bond donors (Lipinski definition) is 0. The predicted octanol–water partition coefficient (Wildman–Crippen LogP) is 7.77. The number of halogens is 2. The number of allylic oxidation sites excluding steroid dienone is 1. The summed E-state index contributed by atoms with van der Waals surface area (Å²) in [6.45, 7) is 2.19. The Hall–Kier alpha value is -1.82. The van der Waals surface area contributed by atoms with Crippen molar-refractivity contribution >= 4 is 72.7 Å². The van der Waals surface area contributed by atoms with E-state index in [-0.39, 0.29) is 0 Å². The van der Waals surface area contributed by atoms with E-state index in [1.807, 2.05) is 34.9 Å². The molecule has 1 unspecified atom stereocenters. The third-order valence-electron chi connectivity index (χ3n) is 5.12. The number of aldehydes is 1. The summed E-state index contributed by atoms with van der Waals surface area (Å²) in [5.41, 5.74) is 7.72. The fourth-order valence-corrected chi connectivity index (χ4v) is 5.49. The summed E-state index contributed by atoms with van der Waals surface area (Å²) in [7, 11) is 0. The van der Waals surface area contributed by atoms with E-state index in [4.69, 9.17) is 0 Å². The van der Waals surface area contributed by atoms with Gasteiger partial charge in [0.05, 0.1) is 18.1 Å². The van der Waals surface area contributed by atoms with Gasteiger partial charge in [0.25, 0.3) is 0 Å². The molecule has 0 saturated carbocycles. The molecule has 0 aliphatic carbocycles. The monoisotopic (exact) mass is 588 g/mol. The second-order valence-corrected chi connectivity index (χ2v) is 9.82. The fourth-order valence-electron chi connectivity index (χ4n) is 3.68. The first-order valence-corrected chi connectivity index (χ1v) is 14.4. The minimum absolute atomic E-state index is 0.568. The summed E-state index contributed by atoms with van der Waals surface area (Å²) in [5.74, 6) is 0. The molecule has 3 nitrogen and oxygen atoms in total. The van der Waals surface area contributed by atoms with Crippen LogP contribution in [0.25, 0.3) is 22.0 Å². The summed E-state index contributed by atoms with van der Waals surface area (Å²) in [4.78, 5) is 11.2. The number of carbonyl (C=O) groups is 1. The van der Waals surface area contributed by atoms with Crippen molar-refractivity contribution in [3.8, 4) is 0 Å². The van der Waals surface area contributed by atoms with E-state index in [9.17, 15) is 4.79 Å². The highest BCUT2D eigenvalue weighted by Gasteiger charge is 2.15. The first kappa shape index (κ1) is 21.4. The number of nitrogens with zero attached hydrogens (tertiary/aromatic N) is 2. The molecule has 4 aromatic rings. The van der Waals surface area contributed by atoms with E-state index in [1.54, 1.807) is 0 Å². The topological polar surface area (TPSA) is 34.9 Å². The van der Waals surface area contributed by atoms with E-state index in [1.165, 1.54) is 16.7 Å². The molecule has 0 saturated heterocycles.